The highest BCUT2D eigenvalue weighted by Crippen LogP contribution is 2.42. The van der Waals surface area contributed by atoms with E-state index in [1.807, 2.05) is 6.92 Å². The van der Waals surface area contributed by atoms with Gasteiger partial charge in [-0.05, 0) is 30.9 Å². The molecule has 0 aromatic carbocycles. The van der Waals surface area contributed by atoms with Crippen LogP contribution in [0.1, 0.15) is 39.0 Å². The van der Waals surface area contributed by atoms with E-state index in [0.717, 1.165) is 19.3 Å². The molecular weight excluding hydrogens is 148 g/mol. The van der Waals surface area contributed by atoms with Crippen LogP contribution in [0.3, 0.4) is 0 Å². The van der Waals surface area contributed by atoms with Gasteiger partial charge in [0.2, 0.25) is 5.24 Å². The average Bonchev–Trinajstić information content (AvgIpc) is 2.35. The highest BCUT2D eigenvalue weighted by Gasteiger charge is 2.37. The van der Waals surface area contributed by atoms with Gasteiger partial charge in [-0.25, -0.2) is 0 Å². The second-order valence-electron chi connectivity index (χ2n) is 3.11. The molecule has 0 atom stereocenters. The molecule has 0 N–H and O–H groups in total. The first kappa shape index (κ1) is 8.06. The maximum atomic E-state index is 11.0. The van der Waals surface area contributed by atoms with Gasteiger partial charge >= 0.3 is 0 Å². The Morgan fingerprint density at radius 1 is 1.50 bits per heavy atom. The molecule has 0 radical (unpaired) electrons. The third-order valence-electron chi connectivity index (χ3n) is 2.65. The van der Waals surface area contributed by atoms with Gasteiger partial charge in [0.05, 0.1) is 0 Å². The van der Waals surface area contributed by atoms with Crippen LogP contribution in [-0.4, -0.2) is 5.24 Å². The van der Waals surface area contributed by atoms with Crippen LogP contribution in [0.4, 0.5) is 0 Å². The molecule has 0 amide bonds. The van der Waals surface area contributed by atoms with Crippen molar-refractivity contribution in [3.8, 4) is 0 Å². The van der Waals surface area contributed by atoms with E-state index < -0.39 is 0 Å². The van der Waals surface area contributed by atoms with Crippen molar-refractivity contribution in [1.82, 2.24) is 0 Å². The number of rotatable bonds is 2. The van der Waals surface area contributed by atoms with Crippen molar-refractivity contribution >= 4 is 16.8 Å². The van der Waals surface area contributed by atoms with Gasteiger partial charge in [0, 0.05) is 5.41 Å². The zero-order valence-corrected chi connectivity index (χ0v) is 7.08. The first-order valence-corrected chi connectivity index (χ1v) is 4.29. The summed E-state index contributed by atoms with van der Waals surface area (Å²) >= 11 is 5.50. The first-order chi connectivity index (χ1) is 4.71. The van der Waals surface area contributed by atoms with Crippen LogP contribution in [0.5, 0.6) is 0 Å². The summed E-state index contributed by atoms with van der Waals surface area (Å²) in [5, 5.41) is -0.118. The summed E-state index contributed by atoms with van der Waals surface area (Å²) in [6.07, 6.45) is 5.27. The molecule has 1 fully saturated rings. The maximum Gasteiger partial charge on any atom is 0.227 e. The van der Waals surface area contributed by atoms with E-state index in [2.05, 4.69) is 0 Å². The van der Waals surface area contributed by atoms with E-state index in [4.69, 9.17) is 11.6 Å². The lowest BCUT2D eigenvalue weighted by molar-refractivity contribution is -0.120. The average molecular weight is 161 g/mol. The summed E-state index contributed by atoms with van der Waals surface area (Å²) in [5.41, 5.74) is -0.137. The number of hydrogen-bond donors (Lipinski definition) is 0. The number of halogens is 1. The number of carbonyl (C=O) groups excluding carboxylic acids is 1. The van der Waals surface area contributed by atoms with Gasteiger partial charge in [0.15, 0.2) is 0 Å². The van der Waals surface area contributed by atoms with Crippen molar-refractivity contribution in [3.63, 3.8) is 0 Å². The summed E-state index contributed by atoms with van der Waals surface area (Å²) in [6.45, 7) is 2.05. The molecule has 1 saturated carbocycles. The smallest absolute Gasteiger partial charge is 0.227 e. The molecule has 0 spiro atoms. The Hall–Kier alpha value is -0.0400. The largest absolute Gasteiger partial charge is 0.281 e. The molecule has 0 unspecified atom stereocenters. The fourth-order valence-corrected chi connectivity index (χ4v) is 2.06. The van der Waals surface area contributed by atoms with Gasteiger partial charge in [0.25, 0.3) is 0 Å². The Kier molecular flexibility index (Phi) is 2.35. The van der Waals surface area contributed by atoms with Crippen molar-refractivity contribution in [2.75, 3.05) is 0 Å². The van der Waals surface area contributed by atoms with E-state index >= 15 is 0 Å². The van der Waals surface area contributed by atoms with Crippen LogP contribution < -0.4 is 0 Å². The lowest BCUT2D eigenvalue weighted by Crippen LogP contribution is -2.22. The SMILES string of the molecule is CCC1(C(=O)Cl)CCCC1. The van der Waals surface area contributed by atoms with E-state index in [0.29, 0.717) is 0 Å². The number of carbonyl (C=O) groups is 1. The van der Waals surface area contributed by atoms with Gasteiger partial charge in [-0.15, -0.1) is 0 Å². The summed E-state index contributed by atoms with van der Waals surface area (Å²) in [4.78, 5) is 11.0. The van der Waals surface area contributed by atoms with Crippen molar-refractivity contribution in [1.29, 1.82) is 0 Å². The molecule has 1 aliphatic carbocycles. The molecular formula is C8H13ClO. The zero-order valence-electron chi connectivity index (χ0n) is 6.32. The van der Waals surface area contributed by atoms with Gasteiger partial charge in [0.1, 0.15) is 0 Å². The Morgan fingerprint density at radius 2 is 2.00 bits per heavy atom. The predicted molar refractivity (Wildman–Crippen MR) is 42.1 cm³/mol. The maximum absolute atomic E-state index is 11.0. The normalized spacial score (nSPS) is 23.0. The lowest BCUT2D eigenvalue weighted by atomic mass is 9.85. The Labute approximate surface area is 66.8 Å². The van der Waals surface area contributed by atoms with Gasteiger partial charge in [-0.1, -0.05) is 19.8 Å². The highest BCUT2D eigenvalue weighted by atomic mass is 35.5. The Morgan fingerprint density at radius 3 is 2.20 bits per heavy atom. The van der Waals surface area contributed by atoms with Gasteiger partial charge < -0.3 is 0 Å². The second kappa shape index (κ2) is 2.91. The highest BCUT2D eigenvalue weighted by molar-refractivity contribution is 6.64. The summed E-state index contributed by atoms with van der Waals surface area (Å²) in [7, 11) is 0. The van der Waals surface area contributed by atoms with Crippen molar-refractivity contribution in [3.05, 3.63) is 0 Å². The standard InChI is InChI=1S/C8H13ClO/c1-2-8(7(9)10)5-3-4-6-8/h2-6H2,1H3. The van der Waals surface area contributed by atoms with Crippen LogP contribution in [0, 0.1) is 5.41 Å². The van der Waals surface area contributed by atoms with E-state index in [1.165, 1.54) is 12.8 Å². The molecule has 0 heterocycles. The summed E-state index contributed by atoms with van der Waals surface area (Å²) < 4.78 is 0. The second-order valence-corrected chi connectivity index (χ2v) is 3.46. The molecule has 0 saturated heterocycles. The molecule has 1 aliphatic rings. The minimum atomic E-state index is -0.137. The van der Waals surface area contributed by atoms with Crippen molar-refractivity contribution < 1.29 is 4.79 Å². The quantitative estimate of drug-likeness (QED) is 0.568. The van der Waals surface area contributed by atoms with E-state index in [1.54, 1.807) is 0 Å². The van der Waals surface area contributed by atoms with Crippen LogP contribution in [0.2, 0.25) is 0 Å². The fraction of sp³-hybridized carbons (Fsp3) is 0.875. The van der Waals surface area contributed by atoms with Crippen molar-refractivity contribution in [2.45, 2.75) is 39.0 Å². The topological polar surface area (TPSA) is 17.1 Å². The zero-order chi connectivity index (χ0) is 7.61. The van der Waals surface area contributed by atoms with Crippen LogP contribution in [-0.2, 0) is 4.79 Å². The van der Waals surface area contributed by atoms with Crippen LogP contribution >= 0.6 is 11.6 Å². The predicted octanol–water partition coefficient (Wildman–Crippen LogP) is 2.72. The Balaban J connectivity index is 2.67. The van der Waals surface area contributed by atoms with Gasteiger partial charge in [-0.3, -0.25) is 4.79 Å². The van der Waals surface area contributed by atoms with Crippen LogP contribution in [0.15, 0.2) is 0 Å². The monoisotopic (exact) mass is 160 g/mol. The number of hydrogen-bond acceptors (Lipinski definition) is 1. The molecule has 1 nitrogen and oxygen atoms in total. The van der Waals surface area contributed by atoms with Crippen LogP contribution in [0.25, 0.3) is 0 Å². The van der Waals surface area contributed by atoms with Gasteiger partial charge in [-0.2, -0.15) is 0 Å². The minimum Gasteiger partial charge on any atom is -0.281 e. The molecule has 58 valence electrons. The molecule has 10 heavy (non-hydrogen) atoms. The third-order valence-corrected chi connectivity index (χ3v) is 3.06. The summed E-state index contributed by atoms with van der Waals surface area (Å²) in [5.74, 6) is 0. The minimum absolute atomic E-state index is 0.118. The first-order valence-electron chi connectivity index (χ1n) is 3.91. The summed E-state index contributed by atoms with van der Waals surface area (Å²) in [6, 6.07) is 0. The molecule has 0 aromatic rings. The molecule has 0 bridgehead atoms. The Bertz CT molecular complexity index is 136. The molecule has 2 heteroatoms. The van der Waals surface area contributed by atoms with E-state index in [9.17, 15) is 4.79 Å². The van der Waals surface area contributed by atoms with E-state index in [-0.39, 0.29) is 10.7 Å². The van der Waals surface area contributed by atoms with Crippen molar-refractivity contribution in [2.24, 2.45) is 5.41 Å². The lowest BCUT2D eigenvalue weighted by Gasteiger charge is -2.21. The molecule has 0 aliphatic heterocycles. The fourth-order valence-electron chi connectivity index (χ4n) is 1.74. The molecule has 1 rings (SSSR count). The molecule has 0 aromatic heterocycles. The third kappa shape index (κ3) is 1.20.